The molecule has 0 atom stereocenters. The number of ether oxygens (including phenoxy) is 2. The van der Waals surface area contributed by atoms with Crippen LogP contribution >= 0.6 is 0 Å². The number of hydrogen-bond acceptors (Lipinski definition) is 3. The van der Waals surface area contributed by atoms with Crippen molar-refractivity contribution in [2.75, 3.05) is 14.2 Å². The summed E-state index contributed by atoms with van der Waals surface area (Å²) in [5.74, 6) is 1.40. The molecule has 0 bridgehead atoms. The van der Waals surface area contributed by atoms with Gasteiger partial charge in [-0.2, -0.15) is 0 Å². The standard InChI is InChI=1S/C17H14BNO3/c1-21-12-5-3-11(4-6-12)19-10-16(18)15-9-13(22-2)7-8-14(15)17(19)20/h3-10H,1-2H3. The number of benzene rings is 2. The molecule has 5 heteroatoms. The Balaban J connectivity index is 2.22. The van der Waals surface area contributed by atoms with Gasteiger partial charge in [-0.3, -0.25) is 9.36 Å². The Labute approximate surface area is 129 Å². The van der Waals surface area contributed by atoms with Gasteiger partial charge in [-0.1, -0.05) is 5.46 Å². The van der Waals surface area contributed by atoms with E-state index in [1.165, 1.54) is 4.57 Å². The molecule has 0 spiro atoms. The first-order valence-corrected chi connectivity index (χ1v) is 6.77. The zero-order valence-corrected chi connectivity index (χ0v) is 12.4. The lowest BCUT2D eigenvalue weighted by molar-refractivity contribution is 0.414. The second kappa shape index (κ2) is 5.60. The van der Waals surface area contributed by atoms with Crippen molar-refractivity contribution in [1.29, 1.82) is 0 Å². The molecule has 0 saturated carbocycles. The van der Waals surface area contributed by atoms with E-state index in [4.69, 9.17) is 17.3 Å². The molecule has 1 aromatic heterocycles. The molecule has 0 amide bonds. The minimum atomic E-state index is -0.128. The molecule has 3 rings (SSSR count). The van der Waals surface area contributed by atoms with Crippen LogP contribution in [0.5, 0.6) is 11.5 Å². The summed E-state index contributed by atoms with van der Waals surface area (Å²) in [6, 6.07) is 12.5. The van der Waals surface area contributed by atoms with Crippen molar-refractivity contribution in [1.82, 2.24) is 4.57 Å². The molecule has 1 heterocycles. The maximum atomic E-state index is 12.7. The molecule has 0 fully saturated rings. The summed E-state index contributed by atoms with van der Waals surface area (Å²) < 4.78 is 11.8. The van der Waals surface area contributed by atoms with E-state index in [0.717, 1.165) is 11.4 Å². The van der Waals surface area contributed by atoms with Gasteiger partial charge in [-0.05, 0) is 47.9 Å². The Morgan fingerprint density at radius 3 is 2.18 bits per heavy atom. The average molecular weight is 291 g/mol. The first-order valence-electron chi connectivity index (χ1n) is 6.77. The van der Waals surface area contributed by atoms with Crippen LogP contribution in [0.1, 0.15) is 0 Å². The third-order valence-electron chi connectivity index (χ3n) is 3.61. The van der Waals surface area contributed by atoms with Crippen molar-refractivity contribution < 1.29 is 9.47 Å². The van der Waals surface area contributed by atoms with Crippen molar-refractivity contribution in [2.45, 2.75) is 0 Å². The molecule has 2 aromatic carbocycles. The van der Waals surface area contributed by atoms with E-state index < -0.39 is 0 Å². The van der Waals surface area contributed by atoms with Crippen LogP contribution in [0.3, 0.4) is 0 Å². The number of pyridine rings is 1. The highest BCUT2D eigenvalue weighted by molar-refractivity contribution is 6.38. The van der Waals surface area contributed by atoms with Crippen molar-refractivity contribution in [3.63, 3.8) is 0 Å². The number of methoxy groups -OCH3 is 2. The van der Waals surface area contributed by atoms with Gasteiger partial charge in [0, 0.05) is 17.3 Å². The highest BCUT2D eigenvalue weighted by Crippen LogP contribution is 2.18. The molecule has 4 nitrogen and oxygen atoms in total. The Bertz CT molecular complexity index is 885. The van der Waals surface area contributed by atoms with Gasteiger partial charge in [0.15, 0.2) is 0 Å². The SMILES string of the molecule is [B]c1cn(-c2ccc(OC)cc2)c(=O)c2ccc(OC)cc12. The van der Waals surface area contributed by atoms with Gasteiger partial charge in [-0.25, -0.2) is 0 Å². The Kier molecular flexibility index (Phi) is 3.63. The maximum Gasteiger partial charge on any atom is 0.262 e. The Morgan fingerprint density at radius 2 is 1.55 bits per heavy atom. The molecule has 0 N–H and O–H groups in total. The monoisotopic (exact) mass is 291 g/mol. The molecular weight excluding hydrogens is 277 g/mol. The van der Waals surface area contributed by atoms with Gasteiger partial charge in [0.1, 0.15) is 19.3 Å². The van der Waals surface area contributed by atoms with Gasteiger partial charge in [0.25, 0.3) is 5.56 Å². The zero-order valence-electron chi connectivity index (χ0n) is 12.4. The maximum absolute atomic E-state index is 12.7. The van der Waals surface area contributed by atoms with Crippen molar-refractivity contribution in [2.24, 2.45) is 0 Å². The highest BCUT2D eigenvalue weighted by Gasteiger charge is 2.08. The van der Waals surface area contributed by atoms with Gasteiger partial charge in [0.2, 0.25) is 0 Å². The smallest absolute Gasteiger partial charge is 0.262 e. The summed E-state index contributed by atoms with van der Waals surface area (Å²) in [5.41, 5.74) is 1.12. The highest BCUT2D eigenvalue weighted by atomic mass is 16.5. The third-order valence-corrected chi connectivity index (χ3v) is 3.61. The van der Waals surface area contributed by atoms with E-state index in [1.807, 2.05) is 12.1 Å². The summed E-state index contributed by atoms with van der Waals surface area (Å²) in [6.45, 7) is 0. The van der Waals surface area contributed by atoms with Crippen LogP contribution in [-0.4, -0.2) is 26.6 Å². The van der Waals surface area contributed by atoms with Crippen LogP contribution in [0.4, 0.5) is 0 Å². The molecule has 108 valence electrons. The van der Waals surface area contributed by atoms with E-state index in [-0.39, 0.29) is 5.56 Å². The number of rotatable bonds is 3. The van der Waals surface area contributed by atoms with E-state index in [1.54, 1.807) is 50.7 Å². The van der Waals surface area contributed by atoms with Crippen LogP contribution < -0.4 is 20.5 Å². The number of fused-ring (bicyclic) bond motifs is 1. The van der Waals surface area contributed by atoms with Crippen LogP contribution in [0, 0.1) is 0 Å². The van der Waals surface area contributed by atoms with Crippen molar-refractivity contribution >= 4 is 24.1 Å². The fourth-order valence-corrected chi connectivity index (χ4v) is 2.41. The number of hydrogen-bond donors (Lipinski definition) is 0. The summed E-state index contributed by atoms with van der Waals surface area (Å²) >= 11 is 0. The normalized spacial score (nSPS) is 10.6. The molecule has 22 heavy (non-hydrogen) atoms. The predicted molar refractivity (Wildman–Crippen MR) is 88.0 cm³/mol. The molecule has 2 radical (unpaired) electrons. The molecule has 0 saturated heterocycles. The lowest BCUT2D eigenvalue weighted by Crippen LogP contribution is -2.24. The van der Waals surface area contributed by atoms with Crippen LogP contribution in [-0.2, 0) is 0 Å². The number of nitrogens with zero attached hydrogens (tertiary/aromatic N) is 1. The zero-order chi connectivity index (χ0) is 15.7. The summed E-state index contributed by atoms with van der Waals surface area (Å²) in [6.07, 6.45) is 1.63. The van der Waals surface area contributed by atoms with Crippen LogP contribution in [0.15, 0.2) is 53.5 Å². The van der Waals surface area contributed by atoms with Crippen LogP contribution in [0.2, 0.25) is 0 Å². The fourth-order valence-electron chi connectivity index (χ4n) is 2.41. The summed E-state index contributed by atoms with van der Waals surface area (Å²) in [4.78, 5) is 12.7. The van der Waals surface area contributed by atoms with Gasteiger partial charge >= 0.3 is 0 Å². The van der Waals surface area contributed by atoms with E-state index in [9.17, 15) is 4.79 Å². The molecule has 0 aliphatic rings. The minimum Gasteiger partial charge on any atom is -0.497 e. The lowest BCUT2D eigenvalue weighted by atomic mass is 9.92. The first kappa shape index (κ1) is 14.3. The van der Waals surface area contributed by atoms with E-state index >= 15 is 0 Å². The van der Waals surface area contributed by atoms with Crippen LogP contribution in [0.25, 0.3) is 16.5 Å². The van der Waals surface area contributed by atoms with Crippen molar-refractivity contribution in [3.8, 4) is 17.2 Å². The summed E-state index contributed by atoms with van der Waals surface area (Å²) in [7, 11) is 9.28. The second-order valence-corrected chi connectivity index (χ2v) is 4.87. The molecule has 3 aromatic rings. The molecule has 0 unspecified atom stereocenters. The minimum absolute atomic E-state index is 0.128. The van der Waals surface area contributed by atoms with Gasteiger partial charge in [-0.15, -0.1) is 0 Å². The third kappa shape index (κ3) is 2.35. The van der Waals surface area contributed by atoms with Gasteiger partial charge < -0.3 is 9.47 Å². The second-order valence-electron chi connectivity index (χ2n) is 4.87. The largest absolute Gasteiger partial charge is 0.497 e. The quantitative estimate of drug-likeness (QED) is 0.691. The molecular formula is C17H14BNO3. The van der Waals surface area contributed by atoms with Gasteiger partial charge in [0.05, 0.1) is 14.2 Å². The first-order chi connectivity index (χ1) is 10.6. The molecule has 0 aliphatic carbocycles. The fraction of sp³-hybridized carbons (Fsp3) is 0.118. The Morgan fingerprint density at radius 1 is 0.909 bits per heavy atom. The lowest BCUT2D eigenvalue weighted by Gasteiger charge is -2.12. The van der Waals surface area contributed by atoms with Crippen molar-refractivity contribution in [3.05, 3.63) is 59.0 Å². The van der Waals surface area contributed by atoms with E-state index in [0.29, 0.717) is 22.0 Å². The topological polar surface area (TPSA) is 40.5 Å². The average Bonchev–Trinajstić information content (AvgIpc) is 2.57. The predicted octanol–water partition coefficient (Wildman–Crippen LogP) is 1.80. The Hall–Kier alpha value is -2.69. The number of aromatic nitrogens is 1. The van der Waals surface area contributed by atoms with E-state index in [2.05, 4.69) is 0 Å². The molecule has 0 aliphatic heterocycles. The summed E-state index contributed by atoms with van der Waals surface area (Å²) in [5, 5.41) is 1.24.